The van der Waals surface area contributed by atoms with Gasteiger partial charge in [0, 0.05) is 35.6 Å². The lowest BCUT2D eigenvalue weighted by Crippen LogP contribution is -2.29. The van der Waals surface area contributed by atoms with E-state index in [9.17, 15) is 14.9 Å². The van der Waals surface area contributed by atoms with Gasteiger partial charge in [0.1, 0.15) is 0 Å². The zero-order valence-corrected chi connectivity index (χ0v) is 18.8. The van der Waals surface area contributed by atoms with Gasteiger partial charge in [-0.1, -0.05) is 48.9 Å². The summed E-state index contributed by atoms with van der Waals surface area (Å²) in [6.07, 6.45) is 3.78. The number of nitrogens with zero attached hydrogens (tertiary/aromatic N) is 2. The highest BCUT2D eigenvalue weighted by Gasteiger charge is 2.30. The molecular weight excluding hydrogens is 428 g/mol. The molecule has 2 N–H and O–H groups in total. The molecule has 7 nitrogen and oxygen atoms in total. The van der Waals surface area contributed by atoms with Crippen molar-refractivity contribution in [1.82, 2.24) is 4.90 Å². The van der Waals surface area contributed by atoms with Crippen LogP contribution in [0, 0.1) is 10.1 Å². The first-order valence-corrected chi connectivity index (χ1v) is 11.6. The van der Waals surface area contributed by atoms with E-state index >= 15 is 0 Å². The molecule has 1 saturated heterocycles. The van der Waals surface area contributed by atoms with E-state index in [0.717, 1.165) is 30.9 Å². The van der Waals surface area contributed by atoms with Crippen molar-refractivity contribution in [3.63, 3.8) is 0 Å². The number of non-ortho nitro benzene ring substituents is 1. The largest absolute Gasteiger partial charge is 0.354 e. The van der Waals surface area contributed by atoms with Crippen molar-refractivity contribution in [2.45, 2.75) is 25.8 Å². The van der Waals surface area contributed by atoms with Crippen LogP contribution in [0.3, 0.4) is 0 Å². The molecule has 5 rings (SSSR count). The van der Waals surface area contributed by atoms with Gasteiger partial charge < -0.3 is 10.6 Å². The minimum atomic E-state index is -0.444. The first-order valence-electron chi connectivity index (χ1n) is 11.6. The van der Waals surface area contributed by atoms with Gasteiger partial charge in [-0.15, -0.1) is 0 Å². The zero-order valence-electron chi connectivity index (χ0n) is 18.8. The number of amides is 1. The first-order chi connectivity index (χ1) is 16.6. The Labute approximate surface area is 198 Å². The number of likely N-dealkylation sites (tertiary alicyclic amines) is 1. The Morgan fingerprint density at radius 3 is 2.53 bits per heavy atom. The average Bonchev–Trinajstić information content (AvgIpc) is 3.18. The predicted octanol–water partition coefficient (Wildman–Crippen LogP) is 5.51. The van der Waals surface area contributed by atoms with E-state index in [1.54, 1.807) is 6.07 Å². The Morgan fingerprint density at radius 1 is 0.971 bits per heavy atom. The molecule has 3 aromatic carbocycles. The molecule has 0 saturated carbocycles. The number of hydrogen-bond acceptors (Lipinski definition) is 5. The van der Waals surface area contributed by atoms with Crippen LogP contribution in [0.15, 0.2) is 72.8 Å². The van der Waals surface area contributed by atoms with Crippen molar-refractivity contribution in [2.75, 3.05) is 23.7 Å². The third-order valence-electron chi connectivity index (χ3n) is 6.32. The van der Waals surface area contributed by atoms with Crippen LogP contribution < -0.4 is 10.6 Å². The Hall–Kier alpha value is -3.97. The van der Waals surface area contributed by atoms with E-state index in [0.29, 0.717) is 22.5 Å². The molecule has 0 bridgehead atoms. The van der Waals surface area contributed by atoms with E-state index in [1.807, 2.05) is 42.5 Å². The van der Waals surface area contributed by atoms with Crippen LogP contribution in [0.1, 0.15) is 36.0 Å². The van der Waals surface area contributed by atoms with Crippen molar-refractivity contribution in [3.8, 4) is 0 Å². The normalized spacial score (nSPS) is 17.1. The Kier molecular flexibility index (Phi) is 6.10. The Balaban J connectivity index is 1.55. The van der Waals surface area contributed by atoms with Crippen molar-refractivity contribution in [3.05, 3.63) is 99.6 Å². The summed E-state index contributed by atoms with van der Waals surface area (Å²) in [5, 5.41) is 17.7. The SMILES string of the molecule is O=C1Nc2ccc([N+](=O)[O-])cc2/C1=C(/Nc1cccc(CN2CCCCC2)c1)c1ccccc1. The summed E-state index contributed by atoms with van der Waals surface area (Å²) in [4.78, 5) is 26.5. The number of benzene rings is 3. The summed E-state index contributed by atoms with van der Waals surface area (Å²) in [6, 6.07) is 22.3. The van der Waals surface area contributed by atoms with Gasteiger partial charge in [0.25, 0.3) is 11.6 Å². The number of hydrogen-bond donors (Lipinski definition) is 2. The molecule has 1 amide bonds. The molecule has 0 spiro atoms. The van der Waals surface area contributed by atoms with Crippen LogP contribution in [-0.4, -0.2) is 28.8 Å². The van der Waals surface area contributed by atoms with Gasteiger partial charge >= 0.3 is 0 Å². The molecule has 1 fully saturated rings. The molecule has 172 valence electrons. The fourth-order valence-corrected chi connectivity index (χ4v) is 4.67. The molecule has 3 aromatic rings. The topological polar surface area (TPSA) is 87.5 Å². The second-order valence-electron chi connectivity index (χ2n) is 8.72. The fraction of sp³-hybridized carbons (Fsp3) is 0.222. The van der Waals surface area contributed by atoms with Gasteiger partial charge in [0.05, 0.1) is 16.2 Å². The zero-order chi connectivity index (χ0) is 23.5. The van der Waals surface area contributed by atoms with Crippen LogP contribution in [0.5, 0.6) is 0 Å². The molecule has 0 atom stereocenters. The van der Waals surface area contributed by atoms with E-state index in [4.69, 9.17) is 0 Å². The lowest BCUT2D eigenvalue weighted by Gasteiger charge is -2.26. The quantitative estimate of drug-likeness (QED) is 0.291. The standard InChI is InChI=1S/C27H26N4O3/c32-27-25(23-17-22(31(33)34)12-13-24(23)29-27)26(20-9-3-1-4-10-20)28-21-11-7-8-19(16-21)18-30-14-5-2-6-15-30/h1,3-4,7-13,16-17,28H,2,5-6,14-15,18H2,(H,29,32)/b26-25-. The van der Waals surface area contributed by atoms with Crippen molar-refractivity contribution < 1.29 is 9.72 Å². The van der Waals surface area contributed by atoms with Crippen molar-refractivity contribution >= 4 is 34.2 Å². The molecule has 0 aliphatic carbocycles. The highest BCUT2D eigenvalue weighted by atomic mass is 16.6. The van der Waals surface area contributed by atoms with Gasteiger partial charge in [-0.05, 0) is 55.3 Å². The Morgan fingerprint density at radius 2 is 1.76 bits per heavy atom. The number of carbonyl (C=O) groups excluding carboxylic acids is 1. The van der Waals surface area contributed by atoms with Gasteiger partial charge in [0.2, 0.25) is 0 Å². The number of fused-ring (bicyclic) bond motifs is 1. The van der Waals surface area contributed by atoms with Crippen molar-refractivity contribution in [2.24, 2.45) is 0 Å². The maximum Gasteiger partial charge on any atom is 0.270 e. The summed E-state index contributed by atoms with van der Waals surface area (Å²) in [5.74, 6) is -0.286. The number of carbonyl (C=O) groups is 1. The molecule has 2 heterocycles. The van der Waals surface area contributed by atoms with E-state index in [1.165, 1.54) is 37.0 Å². The molecule has 0 unspecified atom stereocenters. The number of anilines is 2. The Bertz CT molecular complexity index is 1260. The van der Waals surface area contributed by atoms with Crippen LogP contribution >= 0.6 is 0 Å². The molecule has 0 aromatic heterocycles. The van der Waals surface area contributed by atoms with Crippen LogP contribution in [0.25, 0.3) is 11.3 Å². The molecule has 2 aliphatic rings. The van der Waals surface area contributed by atoms with Crippen molar-refractivity contribution in [1.29, 1.82) is 0 Å². The minimum absolute atomic E-state index is 0.0521. The van der Waals surface area contributed by atoms with Crippen LogP contribution in [0.4, 0.5) is 17.1 Å². The number of nitro groups is 1. The molecule has 7 heteroatoms. The highest BCUT2D eigenvalue weighted by molar-refractivity contribution is 6.37. The smallest absolute Gasteiger partial charge is 0.270 e. The number of nitrogens with one attached hydrogen (secondary N) is 2. The number of rotatable bonds is 6. The summed E-state index contributed by atoms with van der Waals surface area (Å²) in [5.41, 5.74) is 4.95. The van der Waals surface area contributed by atoms with E-state index < -0.39 is 4.92 Å². The first kappa shape index (κ1) is 21.9. The maximum atomic E-state index is 13.1. The average molecular weight is 455 g/mol. The van der Waals surface area contributed by atoms with Gasteiger partial charge in [0.15, 0.2) is 0 Å². The lowest BCUT2D eigenvalue weighted by atomic mass is 9.99. The summed E-state index contributed by atoms with van der Waals surface area (Å²) in [7, 11) is 0. The minimum Gasteiger partial charge on any atom is -0.354 e. The molecule has 0 radical (unpaired) electrons. The van der Waals surface area contributed by atoms with Gasteiger partial charge in [-0.3, -0.25) is 19.8 Å². The molecule has 34 heavy (non-hydrogen) atoms. The number of piperidine rings is 1. The van der Waals surface area contributed by atoms with E-state index in [2.05, 4.69) is 27.7 Å². The molecule has 2 aliphatic heterocycles. The van der Waals surface area contributed by atoms with Crippen LogP contribution in [0.2, 0.25) is 0 Å². The summed E-state index contributed by atoms with van der Waals surface area (Å²) >= 11 is 0. The summed E-state index contributed by atoms with van der Waals surface area (Å²) in [6.45, 7) is 3.13. The fourth-order valence-electron chi connectivity index (χ4n) is 4.67. The highest BCUT2D eigenvalue weighted by Crippen LogP contribution is 2.39. The third-order valence-corrected chi connectivity index (χ3v) is 6.32. The maximum absolute atomic E-state index is 13.1. The van der Waals surface area contributed by atoms with Gasteiger partial charge in [-0.2, -0.15) is 0 Å². The van der Waals surface area contributed by atoms with Crippen LogP contribution in [-0.2, 0) is 11.3 Å². The van der Waals surface area contributed by atoms with Gasteiger partial charge in [-0.25, -0.2) is 0 Å². The predicted molar refractivity (Wildman–Crippen MR) is 134 cm³/mol. The number of nitro benzene ring substituents is 1. The third kappa shape index (κ3) is 4.56. The monoisotopic (exact) mass is 454 g/mol. The van der Waals surface area contributed by atoms with E-state index in [-0.39, 0.29) is 11.6 Å². The summed E-state index contributed by atoms with van der Waals surface area (Å²) < 4.78 is 0. The second kappa shape index (κ2) is 9.49. The second-order valence-corrected chi connectivity index (χ2v) is 8.72. The molecular formula is C27H26N4O3. The lowest BCUT2D eigenvalue weighted by molar-refractivity contribution is -0.384.